The molecule has 0 saturated heterocycles. The van der Waals surface area contributed by atoms with Crippen molar-refractivity contribution in [2.75, 3.05) is 11.9 Å². The first-order chi connectivity index (χ1) is 17.3. The predicted molar refractivity (Wildman–Crippen MR) is 133 cm³/mol. The van der Waals surface area contributed by atoms with Crippen LogP contribution in [0.15, 0.2) is 42.9 Å². The van der Waals surface area contributed by atoms with Gasteiger partial charge in [0.1, 0.15) is 5.82 Å². The predicted octanol–water partition coefficient (Wildman–Crippen LogP) is 5.31. The zero-order valence-corrected chi connectivity index (χ0v) is 21.1. The number of nitrogens with zero attached hydrogens (tertiary/aromatic N) is 3. The Morgan fingerprint density at radius 2 is 1.78 bits per heavy atom. The van der Waals surface area contributed by atoms with Crippen molar-refractivity contribution in [2.24, 2.45) is 5.92 Å². The molecule has 0 fully saturated rings. The summed E-state index contributed by atoms with van der Waals surface area (Å²) in [5.41, 5.74) is 2.61. The first-order valence-electron chi connectivity index (χ1n) is 11.8. The number of carbonyl (C=O) groups is 2. The summed E-state index contributed by atoms with van der Waals surface area (Å²) in [5, 5.41) is 18.5. The first kappa shape index (κ1) is 27.7. The lowest BCUT2D eigenvalue weighted by Crippen LogP contribution is -2.26. The molecule has 37 heavy (non-hydrogen) atoms. The van der Waals surface area contributed by atoms with Crippen LogP contribution in [0, 0.1) is 19.8 Å². The van der Waals surface area contributed by atoms with Gasteiger partial charge in [-0.2, -0.15) is 18.3 Å². The number of nitrogens with one attached hydrogen (secondary N) is 2. The molecule has 11 heteroatoms. The number of halogens is 3. The number of hydrogen-bond acceptors (Lipinski definition) is 5. The van der Waals surface area contributed by atoms with E-state index >= 15 is 0 Å². The van der Waals surface area contributed by atoms with Gasteiger partial charge in [0, 0.05) is 18.9 Å². The average molecular weight is 518 g/mol. The number of rotatable bonds is 10. The van der Waals surface area contributed by atoms with Gasteiger partial charge in [-0.3, -0.25) is 9.59 Å². The SMILES string of the molecule is Cc1cc([C@H](CC(C)C)Nc2ccc(C(=O)NCCC(=O)O)cn2)cc(C)c1-n1cc(C(F)(F)F)cn1. The van der Waals surface area contributed by atoms with Gasteiger partial charge in [-0.1, -0.05) is 26.0 Å². The Labute approximate surface area is 212 Å². The number of aryl methyl sites for hydroxylation is 2. The highest BCUT2D eigenvalue weighted by atomic mass is 19.4. The zero-order valence-electron chi connectivity index (χ0n) is 21.1. The van der Waals surface area contributed by atoms with Gasteiger partial charge >= 0.3 is 12.1 Å². The molecule has 198 valence electrons. The minimum atomic E-state index is -4.46. The summed E-state index contributed by atoms with van der Waals surface area (Å²) in [7, 11) is 0. The number of aromatic nitrogens is 3. The molecule has 0 spiro atoms. The monoisotopic (exact) mass is 517 g/mol. The maximum Gasteiger partial charge on any atom is 0.419 e. The van der Waals surface area contributed by atoms with E-state index in [1.54, 1.807) is 12.1 Å². The van der Waals surface area contributed by atoms with E-state index in [1.165, 1.54) is 10.9 Å². The largest absolute Gasteiger partial charge is 0.481 e. The fourth-order valence-electron chi connectivity index (χ4n) is 4.07. The number of aliphatic carboxylic acids is 1. The van der Waals surface area contributed by atoms with Gasteiger partial charge in [-0.15, -0.1) is 0 Å². The van der Waals surface area contributed by atoms with Crippen LogP contribution in [-0.4, -0.2) is 38.3 Å². The van der Waals surface area contributed by atoms with E-state index < -0.39 is 23.6 Å². The molecule has 3 N–H and O–H groups in total. The Kier molecular flexibility index (Phi) is 8.57. The summed E-state index contributed by atoms with van der Waals surface area (Å²) in [6.45, 7) is 7.87. The Morgan fingerprint density at radius 1 is 1.11 bits per heavy atom. The van der Waals surface area contributed by atoms with Crippen LogP contribution in [-0.2, 0) is 11.0 Å². The quantitative estimate of drug-likeness (QED) is 0.337. The van der Waals surface area contributed by atoms with Gasteiger partial charge < -0.3 is 15.7 Å². The number of pyridine rings is 1. The second-order valence-electron chi connectivity index (χ2n) is 9.33. The van der Waals surface area contributed by atoms with Crippen LogP contribution in [0.5, 0.6) is 0 Å². The second kappa shape index (κ2) is 11.4. The number of benzene rings is 1. The van der Waals surface area contributed by atoms with Crippen LogP contribution >= 0.6 is 0 Å². The molecule has 0 radical (unpaired) electrons. The topological polar surface area (TPSA) is 109 Å². The minimum absolute atomic E-state index is 0.0232. The molecular formula is C26H30F3N5O3. The Balaban J connectivity index is 1.81. The van der Waals surface area contributed by atoms with Crippen molar-refractivity contribution >= 4 is 17.7 Å². The lowest BCUT2D eigenvalue weighted by molar-refractivity contribution is -0.138. The van der Waals surface area contributed by atoms with Gasteiger partial charge in [0.15, 0.2) is 0 Å². The van der Waals surface area contributed by atoms with Crippen LogP contribution in [0.4, 0.5) is 19.0 Å². The smallest absolute Gasteiger partial charge is 0.419 e. The molecule has 0 bridgehead atoms. The molecule has 0 aliphatic rings. The summed E-state index contributed by atoms with van der Waals surface area (Å²) >= 11 is 0. The van der Waals surface area contributed by atoms with E-state index in [9.17, 15) is 22.8 Å². The third kappa shape index (κ3) is 7.31. The van der Waals surface area contributed by atoms with Gasteiger partial charge in [0.25, 0.3) is 5.91 Å². The van der Waals surface area contributed by atoms with E-state index in [1.807, 2.05) is 26.0 Å². The van der Waals surface area contributed by atoms with Crippen molar-refractivity contribution in [3.05, 3.63) is 70.7 Å². The summed E-state index contributed by atoms with van der Waals surface area (Å²) in [6.07, 6.45) is -0.650. The Morgan fingerprint density at radius 3 is 2.30 bits per heavy atom. The maximum atomic E-state index is 13.1. The summed E-state index contributed by atoms with van der Waals surface area (Å²) in [6, 6.07) is 7.00. The summed E-state index contributed by atoms with van der Waals surface area (Å²) in [5.74, 6) is -0.525. The van der Waals surface area contributed by atoms with Crippen LogP contribution in [0.2, 0.25) is 0 Å². The van der Waals surface area contributed by atoms with Crippen molar-refractivity contribution in [3.63, 3.8) is 0 Å². The molecule has 2 heterocycles. The number of carboxylic acids is 1. The van der Waals surface area contributed by atoms with Crippen LogP contribution in [0.3, 0.4) is 0 Å². The van der Waals surface area contributed by atoms with Gasteiger partial charge in [-0.25, -0.2) is 9.67 Å². The van der Waals surface area contributed by atoms with Crippen molar-refractivity contribution in [2.45, 2.75) is 52.8 Å². The molecule has 3 rings (SSSR count). The average Bonchev–Trinajstić information content (AvgIpc) is 3.28. The van der Waals surface area contributed by atoms with Crippen LogP contribution in [0.25, 0.3) is 5.69 Å². The molecular weight excluding hydrogens is 487 g/mol. The maximum absolute atomic E-state index is 13.1. The van der Waals surface area contributed by atoms with Crippen LogP contribution < -0.4 is 10.6 Å². The van der Waals surface area contributed by atoms with E-state index in [0.29, 0.717) is 23.0 Å². The number of carbonyl (C=O) groups excluding carboxylic acids is 1. The number of carboxylic acid groups (broad SMARTS) is 1. The molecule has 1 aromatic carbocycles. The lowest BCUT2D eigenvalue weighted by Gasteiger charge is -2.24. The van der Waals surface area contributed by atoms with E-state index in [4.69, 9.17) is 5.11 Å². The molecule has 1 amide bonds. The molecule has 3 aromatic rings. The third-order valence-corrected chi connectivity index (χ3v) is 5.73. The molecule has 2 aromatic heterocycles. The minimum Gasteiger partial charge on any atom is -0.481 e. The van der Waals surface area contributed by atoms with E-state index in [-0.39, 0.29) is 19.0 Å². The fourth-order valence-corrected chi connectivity index (χ4v) is 4.07. The molecule has 0 unspecified atom stereocenters. The molecule has 0 saturated carbocycles. The Hall–Kier alpha value is -3.89. The van der Waals surface area contributed by atoms with Gasteiger partial charge in [0.05, 0.1) is 35.5 Å². The third-order valence-electron chi connectivity index (χ3n) is 5.73. The standard InChI is InChI=1S/C26H30F3N5O3/c1-15(2)9-21(33-22-6-5-18(12-31-22)25(37)30-8-7-23(35)36)19-10-16(3)24(17(4)11-19)34-14-20(13-32-34)26(27,28)29/h5-6,10-15,21H,7-9H2,1-4H3,(H,30,37)(H,31,33)(H,35,36)/t21-/m0/s1. The number of alkyl halides is 3. The number of hydrogen-bond donors (Lipinski definition) is 3. The van der Waals surface area contributed by atoms with E-state index in [0.717, 1.165) is 35.5 Å². The van der Waals surface area contributed by atoms with Crippen molar-refractivity contribution < 1.29 is 27.9 Å². The zero-order chi connectivity index (χ0) is 27.3. The normalized spacial score (nSPS) is 12.4. The summed E-state index contributed by atoms with van der Waals surface area (Å²) in [4.78, 5) is 27.1. The molecule has 1 atom stereocenters. The van der Waals surface area contributed by atoms with Crippen molar-refractivity contribution in [1.82, 2.24) is 20.1 Å². The molecule has 0 aliphatic carbocycles. The first-order valence-corrected chi connectivity index (χ1v) is 11.8. The highest BCUT2D eigenvalue weighted by Crippen LogP contribution is 2.32. The number of amides is 1. The van der Waals surface area contributed by atoms with Crippen molar-refractivity contribution in [3.8, 4) is 5.69 Å². The molecule has 8 nitrogen and oxygen atoms in total. The molecule has 0 aliphatic heterocycles. The van der Waals surface area contributed by atoms with Crippen LogP contribution in [0.1, 0.15) is 65.3 Å². The second-order valence-corrected chi connectivity index (χ2v) is 9.33. The van der Waals surface area contributed by atoms with E-state index in [2.05, 4.69) is 34.6 Å². The summed E-state index contributed by atoms with van der Waals surface area (Å²) < 4.78 is 40.4. The Bertz CT molecular complexity index is 1230. The van der Waals surface area contributed by atoms with Gasteiger partial charge in [-0.05, 0) is 55.0 Å². The van der Waals surface area contributed by atoms with Gasteiger partial charge in [0.2, 0.25) is 0 Å². The highest BCUT2D eigenvalue weighted by molar-refractivity contribution is 5.94. The number of anilines is 1. The fraction of sp³-hybridized carbons (Fsp3) is 0.385. The van der Waals surface area contributed by atoms with Crippen molar-refractivity contribution in [1.29, 1.82) is 0 Å². The highest BCUT2D eigenvalue weighted by Gasteiger charge is 2.32. The lowest BCUT2D eigenvalue weighted by atomic mass is 9.93.